The van der Waals surface area contributed by atoms with Crippen LogP contribution in [0.25, 0.3) is 0 Å². The Morgan fingerprint density at radius 3 is 2.83 bits per heavy atom. The van der Waals surface area contributed by atoms with Crippen molar-refractivity contribution in [1.82, 2.24) is 0 Å². The molecule has 0 aliphatic heterocycles. The molecule has 0 amide bonds. The maximum atomic E-state index is 13.2. The number of hydrogen-bond donors (Lipinski definition) is 1. The van der Waals surface area contributed by atoms with E-state index in [2.05, 4.69) is 15.9 Å². The third kappa shape index (κ3) is 2.29. The predicted octanol–water partition coefficient (Wildman–Crippen LogP) is 2.51. The molecule has 0 aromatic heterocycles. The van der Waals surface area contributed by atoms with E-state index in [0.717, 1.165) is 0 Å². The number of halogens is 2. The molecule has 3 heteroatoms. The van der Waals surface area contributed by atoms with E-state index in [1.807, 2.05) is 0 Å². The molecule has 0 bridgehead atoms. The van der Waals surface area contributed by atoms with Crippen LogP contribution in [0.15, 0.2) is 22.7 Å². The van der Waals surface area contributed by atoms with E-state index < -0.39 is 6.10 Å². The smallest absolute Gasteiger partial charge is 0.140 e. The minimum atomic E-state index is -0.506. The van der Waals surface area contributed by atoms with Gasteiger partial charge in [0.15, 0.2) is 0 Å². The number of hydrogen-bond acceptors (Lipinski definition) is 1. The van der Waals surface area contributed by atoms with Crippen molar-refractivity contribution in [2.75, 3.05) is 0 Å². The molecule has 0 aliphatic rings. The van der Waals surface area contributed by atoms with Crippen LogP contribution in [-0.2, 0) is 6.42 Å². The summed E-state index contributed by atoms with van der Waals surface area (Å²) in [6, 6.07) is 5.07. The van der Waals surface area contributed by atoms with Crippen LogP contribution in [0.2, 0.25) is 0 Å². The highest BCUT2D eigenvalue weighted by Gasteiger charge is 2.07. The Balaban J connectivity index is 2.92. The molecule has 0 unspecified atom stereocenters. The summed E-state index contributed by atoms with van der Waals surface area (Å²) >= 11 is 3.08. The van der Waals surface area contributed by atoms with Crippen LogP contribution in [0.3, 0.4) is 0 Å². The van der Waals surface area contributed by atoms with Crippen molar-refractivity contribution in [2.24, 2.45) is 0 Å². The highest BCUT2D eigenvalue weighted by molar-refractivity contribution is 9.10. The Morgan fingerprint density at radius 1 is 1.58 bits per heavy atom. The fraction of sp³-hybridized carbons (Fsp3) is 0.333. The van der Waals surface area contributed by atoms with Crippen LogP contribution in [0.5, 0.6) is 0 Å². The van der Waals surface area contributed by atoms with Crippen LogP contribution in [0.4, 0.5) is 4.39 Å². The average molecular weight is 233 g/mol. The van der Waals surface area contributed by atoms with Gasteiger partial charge in [-0.15, -0.1) is 0 Å². The second-order valence-electron chi connectivity index (χ2n) is 2.77. The summed E-state index contributed by atoms with van der Waals surface area (Å²) < 4.78 is 13.6. The predicted molar refractivity (Wildman–Crippen MR) is 49.5 cm³/mol. The second kappa shape index (κ2) is 4.01. The van der Waals surface area contributed by atoms with Crippen LogP contribution in [-0.4, -0.2) is 11.2 Å². The van der Waals surface area contributed by atoms with Crippen molar-refractivity contribution in [3.8, 4) is 0 Å². The minimum absolute atomic E-state index is 0.279. The molecule has 1 aromatic carbocycles. The quantitative estimate of drug-likeness (QED) is 0.832. The van der Waals surface area contributed by atoms with E-state index in [4.69, 9.17) is 5.11 Å². The zero-order chi connectivity index (χ0) is 9.14. The van der Waals surface area contributed by atoms with Gasteiger partial charge in [-0.05, 0) is 34.5 Å². The Morgan fingerprint density at radius 2 is 2.25 bits per heavy atom. The zero-order valence-electron chi connectivity index (χ0n) is 6.72. The summed E-state index contributed by atoms with van der Waals surface area (Å²) in [4.78, 5) is 0. The van der Waals surface area contributed by atoms with Crippen LogP contribution < -0.4 is 0 Å². The molecule has 1 rings (SSSR count). The maximum Gasteiger partial charge on any atom is 0.140 e. The van der Waals surface area contributed by atoms with E-state index in [-0.39, 0.29) is 5.82 Å². The van der Waals surface area contributed by atoms with E-state index >= 15 is 0 Å². The maximum absolute atomic E-state index is 13.2. The third-order valence-electron chi connectivity index (χ3n) is 1.55. The Labute approximate surface area is 79.4 Å². The first-order chi connectivity index (χ1) is 5.61. The van der Waals surface area contributed by atoms with E-state index in [1.165, 1.54) is 0 Å². The number of rotatable bonds is 2. The Kier molecular flexibility index (Phi) is 3.23. The summed E-state index contributed by atoms with van der Waals surface area (Å²) in [7, 11) is 0. The molecule has 0 aliphatic carbocycles. The van der Waals surface area contributed by atoms with Crippen LogP contribution in [0.1, 0.15) is 12.5 Å². The first-order valence-corrected chi connectivity index (χ1v) is 4.51. The van der Waals surface area contributed by atoms with Crippen LogP contribution >= 0.6 is 15.9 Å². The van der Waals surface area contributed by atoms with Gasteiger partial charge in [0, 0.05) is 6.42 Å². The molecule has 1 nitrogen and oxygen atoms in total. The molecule has 1 aromatic rings. The van der Waals surface area contributed by atoms with Gasteiger partial charge in [-0.2, -0.15) is 0 Å². The highest BCUT2D eigenvalue weighted by atomic mass is 79.9. The molecule has 0 fully saturated rings. The molecule has 0 heterocycles. The Hall–Kier alpha value is -0.410. The van der Waals surface area contributed by atoms with Crippen molar-refractivity contribution < 1.29 is 9.50 Å². The molecule has 12 heavy (non-hydrogen) atoms. The van der Waals surface area contributed by atoms with Crippen molar-refractivity contribution in [1.29, 1.82) is 0 Å². The number of aliphatic hydroxyl groups is 1. The lowest BCUT2D eigenvalue weighted by Gasteiger charge is -2.06. The minimum Gasteiger partial charge on any atom is -0.393 e. The summed E-state index contributed by atoms with van der Waals surface area (Å²) in [5, 5.41) is 9.04. The van der Waals surface area contributed by atoms with Crippen molar-refractivity contribution in [2.45, 2.75) is 19.4 Å². The van der Waals surface area contributed by atoms with Gasteiger partial charge in [0.2, 0.25) is 0 Å². The molecule has 1 N–H and O–H groups in total. The highest BCUT2D eigenvalue weighted by Crippen LogP contribution is 2.19. The molecule has 0 spiro atoms. The van der Waals surface area contributed by atoms with Crippen LogP contribution in [0, 0.1) is 5.82 Å². The van der Waals surface area contributed by atoms with Gasteiger partial charge in [0.05, 0.1) is 10.6 Å². The zero-order valence-corrected chi connectivity index (χ0v) is 8.31. The standard InChI is InChI=1S/C9H10BrFO/c1-6(12)5-7-3-2-4-8(10)9(7)11/h2-4,6,12H,5H2,1H3/t6-/m0/s1. The molecule has 1 atom stereocenters. The lowest BCUT2D eigenvalue weighted by molar-refractivity contribution is 0.194. The van der Waals surface area contributed by atoms with E-state index in [9.17, 15) is 4.39 Å². The first-order valence-electron chi connectivity index (χ1n) is 3.72. The molecular formula is C9H10BrFO. The van der Waals surface area contributed by atoms with E-state index in [1.54, 1.807) is 25.1 Å². The van der Waals surface area contributed by atoms with Crippen molar-refractivity contribution >= 4 is 15.9 Å². The van der Waals surface area contributed by atoms with Gasteiger partial charge in [0.1, 0.15) is 5.82 Å². The first kappa shape index (κ1) is 9.68. The summed E-state index contributed by atoms with van der Waals surface area (Å²) in [6.45, 7) is 1.64. The van der Waals surface area contributed by atoms with Gasteiger partial charge < -0.3 is 5.11 Å². The summed E-state index contributed by atoms with van der Waals surface area (Å²) in [5.41, 5.74) is 0.541. The monoisotopic (exact) mass is 232 g/mol. The SMILES string of the molecule is C[C@H](O)Cc1cccc(Br)c1F. The largest absolute Gasteiger partial charge is 0.393 e. The Bertz CT molecular complexity index is 273. The number of benzene rings is 1. The van der Waals surface area contributed by atoms with Gasteiger partial charge in [-0.3, -0.25) is 0 Å². The molecule has 0 radical (unpaired) electrons. The van der Waals surface area contributed by atoms with Gasteiger partial charge >= 0.3 is 0 Å². The second-order valence-corrected chi connectivity index (χ2v) is 3.62. The molecule has 0 saturated carbocycles. The third-order valence-corrected chi connectivity index (χ3v) is 2.16. The van der Waals surface area contributed by atoms with Gasteiger partial charge in [-0.1, -0.05) is 12.1 Å². The summed E-state index contributed by atoms with van der Waals surface area (Å²) in [6.07, 6.45) is -0.153. The van der Waals surface area contributed by atoms with Crippen molar-refractivity contribution in [3.63, 3.8) is 0 Å². The lowest BCUT2D eigenvalue weighted by atomic mass is 10.1. The lowest BCUT2D eigenvalue weighted by Crippen LogP contribution is -2.06. The van der Waals surface area contributed by atoms with Gasteiger partial charge in [0.25, 0.3) is 0 Å². The molecule has 66 valence electrons. The normalized spacial score (nSPS) is 13.0. The van der Waals surface area contributed by atoms with Gasteiger partial charge in [-0.25, -0.2) is 4.39 Å². The topological polar surface area (TPSA) is 20.2 Å². The average Bonchev–Trinajstić information content (AvgIpc) is 1.98. The fourth-order valence-corrected chi connectivity index (χ4v) is 1.43. The summed E-state index contributed by atoms with van der Waals surface area (Å²) in [5.74, 6) is -0.279. The molecule has 0 saturated heterocycles. The number of aliphatic hydroxyl groups excluding tert-OH is 1. The van der Waals surface area contributed by atoms with Crippen molar-refractivity contribution in [3.05, 3.63) is 34.1 Å². The van der Waals surface area contributed by atoms with E-state index in [0.29, 0.717) is 16.5 Å². The molecular weight excluding hydrogens is 223 g/mol. The fourth-order valence-electron chi connectivity index (χ4n) is 1.02.